The maximum atomic E-state index is 13.3. The summed E-state index contributed by atoms with van der Waals surface area (Å²) in [4.78, 5) is 41.8. The van der Waals surface area contributed by atoms with Crippen molar-refractivity contribution >= 4 is 23.4 Å². The van der Waals surface area contributed by atoms with Gasteiger partial charge < -0.3 is 29.3 Å². The summed E-state index contributed by atoms with van der Waals surface area (Å²) in [5, 5.41) is 2.94. The van der Waals surface area contributed by atoms with Gasteiger partial charge in [-0.25, -0.2) is 0 Å². The van der Waals surface area contributed by atoms with Crippen molar-refractivity contribution in [3.8, 4) is 5.75 Å². The summed E-state index contributed by atoms with van der Waals surface area (Å²) in [6.07, 6.45) is 2.62. The summed E-state index contributed by atoms with van der Waals surface area (Å²) in [7, 11) is 4.83. The number of hydrogen-bond acceptors (Lipinski definition) is 6. The normalized spacial score (nSPS) is 24.3. The van der Waals surface area contributed by atoms with Crippen molar-refractivity contribution < 1.29 is 28.6 Å². The third kappa shape index (κ3) is 6.07. The molecular weight excluding hydrogens is 438 g/mol. The van der Waals surface area contributed by atoms with E-state index < -0.39 is 0 Å². The van der Waals surface area contributed by atoms with Crippen LogP contribution in [0.5, 0.6) is 5.75 Å². The van der Waals surface area contributed by atoms with Crippen LogP contribution in [0, 0.1) is 11.8 Å². The number of ether oxygens (including phenoxy) is 3. The number of fused-ring (bicyclic) bond motifs is 1. The second kappa shape index (κ2) is 11.7. The lowest BCUT2D eigenvalue weighted by Gasteiger charge is -2.36. The van der Waals surface area contributed by atoms with Gasteiger partial charge in [-0.1, -0.05) is 13.3 Å². The van der Waals surface area contributed by atoms with E-state index in [9.17, 15) is 14.4 Å². The molecular formula is C25H37N3O6. The first-order valence-electron chi connectivity index (χ1n) is 11.9. The number of amides is 3. The fourth-order valence-electron chi connectivity index (χ4n) is 4.32. The molecule has 0 spiro atoms. The van der Waals surface area contributed by atoms with Gasteiger partial charge in [-0.05, 0) is 31.9 Å². The van der Waals surface area contributed by atoms with E-state index in [-0.39, 0.29) is 54.9 Å². The molecule has 9 heteroatoms. The summed E-state index contributed by atoms with van der Waals surface area (Å²) in [5.41, 5.74) is 0.982. The lowest BCUT2D eigenvalue weighted by atomic mass is 9.85. The molecule has 9 nitrogen and oxygen atoms in total. The Bertz CT molecular complexity index is 887. The van der Waals surface area contributed by atoms with E-state index in [1.54, 1.807) is 42.2 Å². The number of methoxy groups -OCH3 is 2. The molecule has 0 radical (unpaired) electrons. The van der Waals surface area contributed by atoms with E-state index >= 15 is 0 Å². The topological polar surface area (TPSA) is 97.4 Å². The summed E-state index contributed by atoms with van der Waals surface area (Å²) in [5.74, 6) is 0.0565. The first-order chi connectivity index (χ1) is 16.2. The molecule has 1 aliphatic heterocycles. The number of nitrogens with zero attached hydrogens (tertiary/aromatic N) is 2. The van der Waals surface area contributed by atoms with Crippen molar-refractivity contribution in [1.82, 2.24) is 9.80 Å². The number of nitrogens with one attached hydrogen (secondary N) is 1. The summed E-state index contributed by atoms with van der Waals surface area (Å²) < 4.78 is 16.9. The smallest absolute Gasteiger partial charge is 0.257 e. The SMILES string of the molecule is COCC(=O)N1C[C@H](C)[C@@H](OC)CN(C)C(=O)c2ccc(NC(=O)C3CCC3)cc2OC[C@@H]1C. The van der Waals surface area contributed by atoms with Gasteiger partial charge in [0.25, 0.3) is 5.91 Å². The van der Waals surface area contributed by atoms with Crippen molar-refractivity contribution in [2.75, 3.05) is 52.9 Å². The zero-order valence-corrected chi connectivity index (χ0v) is 20.8. The predicted octanol–water partition coefficient (Wildman–Crippen LogP) is 2.40. The molecule has 3 amide bonds. The Labute approximate surface area is 201 Å². The quantitative estimate of drug-likeness (QED) is 0.703. The van der Waals surface area contributed by atoms with E-state index in [2.05, 4.69) is 5.32 Å². The Morgan fingerprint density at radius 2 is 1.91 bits per heavy atom. The molecule has 0 bridgehead atoms. The largest absolute Gasteiger partial charge is 0.491 e. The Hall–Kier alpha value is -2.65. The molecule has 0 unspecified atom stereocenters. The van der Waals surface area contributed by atoms with Crippen molar-refractivity contribution in [2.45, 2.75) is 45.3 Å². The summed E-state index contributed by atoms with van der Waals surface area (Å²) >= 11 is 0. The van der Waals surface area contributed by atoms with E-state index in [1.807, 2.05) is 13.8 Å². The minimum Gasteiger partial charge on any atom is -0.491 e. The Morgan fingerprint density at radius 1 is 1.18 bits per heavy atom. The van der Waals surface area contributed by atoms with Gasteiger partial charge in [0.15, 0.2) is 0 Å². The van der Waals surface area contributed by atoms with Gasteiger partial charge in [0.1, 0.15) is 19.0 Å². The van der Waals surface area contributed by atoms with Crippen molar-refractivity contribution in [3.63, 3.8) is 0 Å². The second-order valence-electron chi connectivity index (χ2n) is 9.40. The monoisotopic (exact) mass is 475 g/mol. The van der Waals surface area contributed by atoms with Gasteiger partial charge in [-0.2, -0.15) is 0 Å². The second-order valence-corrected chi connectivity index (χ2v) is 9.40. The zero-order valence-electron chi connectivity index (χ0n) is 20.8. The highest BCUT2D eigenvalue weighted by atomic mass is 16.5. The number of carbonyl (C=O) groups is 3. The van der Waals surface area contributed by atoms with E-state index in [0.717, 1.165) is 19.3 Å². The van der Waals surface area contributed by atoms with Gasteiger partial charge in [0.05, 0.1) is 17.7 Å². The summed E-state index contributed by atoms with van der Waals surface area (Å²) in [6.45, 7) is 4.87. The average molecular weight is 476 g/mol. The molecule has 34 heavy (non-hydrogen) atoms. The molecule has 2 aliphatic rings. The van der Waals surface area contributed by atoms with Crippen LogP contribution in [0.2, 0.25) is 0 Å². The average Bonchev–Trinajstić information content (AvgIpc) is 2.77. The third-order valence-corrected chi connectivity index (χ3v) is 6.78. The van der Waals surface area contributed by atoms with Crippen LogP contribution in [0.1, 0.15) is 43.5 Å². The molecule has 1 saturated carbocycles. The van der Waals surface area contributed by atoms with Crippen molar-refractivity contribution in [1.29, 1.82) is 0 Å². The zero-order chi connectivity index (χ0) is 24.8. The molecule has 188 valence electrons. The van der Waals surface area contributed by atoms with Crippen LogP contribution < -0.4 is 10.1 Å². The van der Waals surface area contributed by atoms with Crippen LogP contribution in [0.25, 0.3) is 0 Å². The molecule has 1 aliphatic carbocycles. The van der Waals surface area contributed by atoms with Crippen molar-refractivity contribution in [3.05, 3.63) is 23.8 Å². The number of carbonyl (C=O) groups excluding carboxylic acids is 3. The van der Waals surface area contributed by atoms with Gasteiger partial charge in [-0.3, -0.25) is 14.4 Å². The number of rotatable bonds is 5. The molecule has 1 N–H and O–H groups in total. The molecule has 3 atom stereocenters. The van der Waals surface area contributed by atoms with Crippen LogP contribution in [0.15, 0.2) is 18.2 Å². The first kappa shape index (κ1) is 26.0. The summed E-state index contributed by atoms with van der Waals surface area (Å²) in [6, 6.07) is 4.83. The maximum absolute atomic E-state index is 13.3. The first-order valence-corrected chi connectivity index (χ1v) is 11.9. The fourth-order valence-corrected chi connectivity index (χ4v) is 4.32. The van der Waals surface area contributed by atoms with E-state index in [4.69, 9.17) is 14.2 Å². The van der Waals surface area contributed by atoms with Gasteiger partial charge in [0, 0.05) is 57.9 Å². The highest BCUT2D eigenvalue weighted by Gasteiger charge is 2.31. The minimum absolute atomic E-state index is 0.00979. The Balaban J connectivity index is 1.91. The van der Waals surface area contributed by atoms with Gasteiger partial charge in [0.2, 0.25) is 11.8 Å². The van der Waals surface area contributed by atoms with Crippen molar-refractivity contribution in [2.24, 2.45) is 11.8 Å². The highest BCUT2D eigenvalue weighted by Crippen LogP contribution is 2.30. The molecule has 1 heterocycles. The van der Waals surface area contributed by atoms with Gasteiger partial charge >= 0.3 is 0 Å². The van der Waals surface area contributed by atoms with Crippen LogP contribution in [-0.4, -0.2) is 87.2 Å². The van der Waals surface area contributed by atoms with E-state index in [1.165, 1.54) is 7.11 Å². The number of hydrogen-bond donors (Lipinski definition) is 1. The standard InChI is InChI=1S/C25H37N3O6/c1-16-12-28(23(29)15-32-4)17(2)14-34-21-11-19(26-24(30)18-7-6-8-18)9-10-20(21)25(31)27(3)13-22(16)33-5/h9-11,16-18,22H,6-8,12-15H2,1-5H3,(H,26,30)/t16-,17-,22-/m0/s1. The lowest BCUT2D eigenvalue weighted by molar-refractivity contribution is -0.139. The molecule has 1 fully saturated rings. The number of anilines is 1. The number of likely N-dealkylation sites (N-methyl/N-ethyl adjacent to an activating group) is 1. The molecule has 3 rings (SSSR count). The molecule has 1 aromatic carbocycles. The fraction of sp³-hybridized carbons (Fsp3) is 0.640. The van der Waals surface area contributed by atoms with Crippen LogP contribution in [0.4, 0.5) is 5.69 Å². The third-order valence-electron chi connectivity index (χ3n) is 6.78. The number of benzene rings is 1. The van der Waals surface area contributed by atoms with Crippen LogP contribution >= 0.6 is 0 Å². The van der Waals surface area contributed by atoms with Crippen LogP contribution in [-0.2, 0) is 19.1 Å². The predicted molar refractivity (Wildman–Crippen MR) is 128 cm³/mol. The molecule has 0 saturated heterocycles. The highest BCUT2D eigenvalue weighted by molar-refractivity contribution is 5.99. The Morgan fingerprint density at radius 3 is 2.53 bits per heavy atom. The Kier molecular flexibility index (Phi) is 8.90. The van der Waals surface area contributed by atoms with Gasteiger partial charge in [-0.15, -0.1) is 0 Å². The van der Waals surface area contributed by atoms with Crippen LogP contribution in [0.3, 0.4) is 0 Å². The minimum atomic E-state index is -0.268. The molecule has 0 aromatic heterocycles. The van der Waals surface area contributed by atoms with E-state index in [0.29, 0.717) is 30.1 Å². The lowest BCUT2D eigenvalue weighted by Crippen LogP contribution is -2.49. The maximum Gasteiger partial charge on any atom is 0.257 e. The molecule has 1 aromatic rings.